The Bertz CT molecular complexity index is 324. The van der Waals surface area contributed by atoms with Gasteiger partial charge in [0.25, 0.3) is 0 Å². The molecule has 1 aromatic heterocycles. The standard InChI is InChI=1S/C11H19BrN4/c1-16-11(9(12)7-14-16)10(15-13)8-5-3-2-4-6-8/h7-8,10,15H,2-6,13H2,1H3. The van der Waals surface area contributed by atoms with Crippen LogP contribution in [0.1, 0.15) is 43.8 Å². The fraction of sp³-hybridized carbons (Fsp3) is 0.727. The van der Waals surface area contributed by atoms with Gasteiger partial charge in [-0.2, -0.15) is 5.10 Å². The summed E-state index contributed by atoms with van der Waals surface area (Å²) >= 11 is 3.55. The van der Waals surface area contributed by atoms with Gasteiger partial charge in [-0.3, -0.25) is 16.0 Å². The van der Waals surface area contributed by atoms with Crippen molar-refractivity contribution in [1.82, 2.24) is 15.2 Å². The quantitative estimate of drug-likeness (QED) is 0.662. The first-order valence-electron chi connectivity index (χ1n) is 5.87. The molecule has 0 amide bonds. The second kappa shape index (κ2) is 5.29. The molecule has 0 bridgehead atoms. The van der Waals surface area contributed by atoms with Crippen molar-refractivity contribution >= 4 is 15.9 Å². The molecule has 1 saturated carbocycles. The lowest BCUT2D eigenvalue weighted by atomic mass is 9.83. The van der Waals surface area contributed by atoms with Crippen LogP contribution in [0.15, 0.2) is 10.7 Å². The molecule has 90 valence electrons. The Kier molecular flexibility index (Phi) is 4.00. The van der Waals surface area contributed by atoms with Crippen molar-refractivity contribution in [2.45, 2.75) is 38.1 Å². The zero-order valence-electron chi connectivity index (χ0n) is 9.62. The number of hydrogen-bond acceptors (Lipinski definition) is 3. The molecule has 1 heterocycles. The van der Waals surface area contributed by atoms with E-state index in [1.54, 1.807) is 0 Å². The maximum Gasteiger partial charge on any atom is 0.0708 e. The van der Waals surface area contributed by atoms with Crippen LogP contribution in [-0.4, -0.2) is 9.78 Å². The predicted octanol–water partition coefficient (Wildman–Crippen LogP) is 2.27. The van der Waals surface area contributed by atoms with Crippen LogP contribution >= 0.6 is 15.9 Å². The molecule has 3 N–H and O–H groups in total. The van der Waals surface area contributed by atoms with Gasteiger partial charge in [0, 0.05) is 7.05 Å². The van der Waals surface area contributed by atoms with Crippen molar-refractivity contribution in [2.24, 2.45) is 18.8 Å². The molecule has 5 heteroatoms. The minimum absolute atomic E-state index is 0.210. The van der Waals surface area contributed by atoms with E-state index in [4.69, 9.17) is 5.84 Å². The molecule has 4 nitrogen and oxygen atoms in total. The van der Waals surface area contributed by atoms with Crippen molar-refractivity contribution in [2.75, 3.05) is 0 Å². The van der Waals surface area contributed by atoms with Gasteiger partial charge in [-0.1, -0.05) is 19.3 Å². The lowest BCUT2D eigenvalue weighted by Crippen LogP contribution is -2.36. The average Bonchev–Trinajstić information content (AvgIpc) is 2.63. The lowest BCUT2D eigenvalue weighted by Gasteiger charge is -2.30. The summed E-state index contributed by atoms with van der Waals surface area (Å²) in [5.74, 6) is 6.35. The summed E-state index contributed by atoms with van der Waals surface area (Å²) in [6.45, 7) is 0. The van der Waals surface area contributed by atoms with Crippen LogP contribution in [0.3, 0.4) is 0 Å². The third-order valence-electron chi connectivity index (χ3n) is 3.53. The van der Waals surface area contributed by atoms with Gasteiger partial charge in [0.05, 0.1) is 22.4 Å². The van der Waals surface area contributed by atoms with Crippen molar-refractivity contribution in [3.63, 3.8) is 0 Å². The highest BCUT2D eigenvalue weighted by molar-refractivity contribution is 9.10. The number of aromatic nitrogens is 2. The molecule has 0 spiro atoms. The highest BCUT2D eigenvalue weighted by Crippen LogP contribution is 2.36. The smallest absolute Gasteiger partial charge is 0.0708 e. The number of nitrogens with two attached hydrogens (primary N) is 1. The number of aryl methyl sites for hydroxylation is 1. The number of rotatable bonds is 3. The van der Waals surface area contributed by atoms with Gasteiger partial charge in [0.15, 0.2) is 0 Å². The number of halogens is 1. The highest BCUT2D eigenvalue weighted by atomic mass is 79.9. The molecule has 1 aliphatic carbocycles. The third-order valence-corrected chi connectivity index (χ3v) is 4.14. The lowest BCUT2D eigenvalue weighted by molar-refractivity contribution is 0.264. The molecule has 0 aromatic carbocycles. The van der Waals surface area contributed by atoms with Crippen molar-refractivity contribution in [1.29, 1.82) is 0 Å². The molecule has 0 saturated heterocycles. The van der Waals surface area contributed by atoms with Crippen molar-refractivity contribution < 1.29 is 0 Å². The average molecular weight is 287 g/mol. The second-order valence-corrected chi connectivity index (χ2v) is 5.40. The summed E-state index contributed by atoms with van der Waals surface area (Å²) in [6, 6.07) is 0.210. The molecule has 1 aliphatic rings. The Morgan fingerprint density at radius 3 is 2.69 bits per heavy atom. The summed E-state index contributed by atoms with van der Waals surface area (Å²) < 4.78 is 2.95. The van der Waals surface area contributed by atoms with Crippen LogP contribution in [0.25, 0.3) is 0 Å². The monoisotopic (exact) mass is 286 g/mol. The van der Waals surface area contributed by atoms with E-state index in [1.165, 1.54) is 32.1 Å². The topological polar surface area (TPSA) is 55.9 Å². The minimum atomic E-state index is 0.210. The molecule has 0 radical (unpaired) electrons. The molecule has 1 unspecified atom stereocenters. The van der Waals surface area contributed by atoms with Gasteiger partial charge in [-0.25, -0.2) is 0 Å². The molecule has 1 aromatic rings. The largest absolute Gasteiger partial charge is 0.271 e. The van der Waals surface area contributed by atoms with Crippen LogP contribution < -0.4 is 11.3 Å². The van der Waals surface area contributed by atoms with E-state index < -0.39 is 0 Å². The van der Waals surface area contributed by atoms with Crippen LogP contribution in [0, 0.1) is 5.92 Å². The second-order valence-electron chi connectivity index (χ2n) is 4.54. The van der Waals surface area contributed by atoms with E-state index in [0.29, 0.717) is 5.92 Å². The Hall–Kier alpha value is -0.390. The maximum atomic E-state index is 5.72. The minimum Gasteiger partial charge on any atom is -0.271 e. The number of hydrogen-bond donors (Lipinski definition) is 2. The molecule has 1 atom stereocenters. The van der Waals surface area contributed by atoms with Gasteiger partial charge in [-0.05, 0) is 34.7 Å². The van der Waals surface area contributed by atoms with Gasteiger partial charge in [0.1, 0.15) is 0 Å². The van der Waals surface area contributed by atoms with Gasteiger partial charge in [-0.15, -0.1) is 0 Å². The summed E-state index contributed by atoms with van der Waals surface area (Å²) in [4.78, 5) is 0. The van der Waals surface area contributed by atoms with Gasteiger partial charge in [0.2, 0.25) is 0 Å². The van der Waals surface area contributed by atoms with E-state index >= 15 is 0 Å². The summed E-state index contributed by atoms with van der Waals surface area (Å²) in [5, 5.41) is 4.25. The normalized spacial score (nSPS) is 19.9. The zero-order valence-corrected chi connectivity index (χ0v) is 11.2. The Morgan fingerprint density at radius 1 is 1.50 bits per heavy atom. The van der Waals surface area contributed by atoms with Crippen LogP contribution in [0.2, 0.25) is 0 Å². The summed E-state index contributed by atoms with van der Waals surface area (Å²) in [5.41, 5.74) is 4.13. The highest BCUT2D eigenvalue weighted by Gasteiger charge is 2.27. The molecule has 1 fully saturated rings. The summed E-state index contributed by atoms with van der Waals surface area (Å²) in [7, 11) is 1.97. The Morgan fingerprint density at radius 2 is 2.19 bits per heavy atom. The first-order valence-corrected chi connectivity index (χ1v) is 6.67. The Balaban J connectivity index is 2.21. The van der Waals surface area contributed by atoms with E-state index in [9.17, 15) is 0 Å². The van der Waals surface area contributed by atoms with Crippen molar-refractivity contribution in [3.8, 4) is 0 Å². The predicted molar refractivity (Wildman–Crippen MR) is 67.5 cm³/mol. The van der Waals surface area contributed by atoms with E-state index in [0.717, 1.165) is 10.2 Å². The van der Waals surface area contributed by atoms with Gasteiger partial charge >= 0.3 is 0 Å². The van der Waals surface area contributed by atoms with E-state index in [2.05, 4.69) is 26.5 Å². The number of nitrogens with one attached hydrogen (secondary N) is 1. The molecule has 0 aliphatic heterocycles. The molecular formula is C11H19BrN4. The van der Waals surface area contributed by atoms with E-state index in [-0.39, 0.29) is 6.04 Å². The molecule has 2 rings (SSSR count). The van der Waals surface area contributed by atoms with E-state index in [1.807, 2.05) is 17.9 Å². The first-order chi connectivity index (χ1) is 7.74. The van der Waals surface area contributed by atoms with Crippen molar-refractivity contribution in [3.05, 3.63) is 16.4 Å². The molecule has 16 heavy (non-hydrogen) atoms. The SMILES string of the molecule is Cn1ncc(Br)c1C(NN)C1CCCCC1. The fourth-order valence-electron chi connectivity index (χ4n) is 2.68. The van der Waals surface area contributed by atoms with Gasteiger partial charge < -0.3 is 0 Å². The fourth-order valence-corrected chi connectivity index (χ4v) is 3.27. The Labute approximate surface area is 105 Å². The maximum absolute atomic E-state index is 5.72. The number of nitrogens with zero attached hydrogens (tertiary/aromatic N) is 2. The number of hydrazine groups is 1. The van der Waals surface area contributed by atoms with Crippen LogP contribution in [-0.2, 0) is 7.05 Å². The van der Waals surface area contributed by atoms with Crippen LogP contribution in [0.4, 0.5) is 0 Å². The third kappa shape index (κ3) is 2.31. The van der Waals surface area contributed by atoms with Crippen LogP contribution in [0.5, 0.6) is 0 Å². The first kappa shape index (κ1) is 12.1. The summed E-state index contributed by atoms with van der Waals surface area (Å²) in [6.07, 6.45) is 8.35. The zero-order chi connectivity index (χ0) is 11.5. The molecular weight excluding hydrogens is 268 g/mol.